The summed E-state index contributed by atoms with van der Waals surface area (Å²) < 4.78 is 37.8. The molecule has 1 unspecified atom stereocenters. The summed E-state index contributed by atoms with van der Waals surface area (Å²) in [6, 6.07) is 0. The van der Waals surface area contributed by atoms with Gasteiger partial charge in [-0.3, -0.25) is 4.68 Å². The van der Waals surface area contributed by atoms with Gasteiger partial charge in [-0.15, -0.1) is 0 Å². The molecule has 0 saturated heterocycles. The van der Waals surface area contributed by atoms with Crippen LogP contribution in [0.25, 0.3) is 0 Å². The number of rotatable bonds is 4. The molecule has 0 saturated carbocycles. The van der Waals surface area contributed by atoms with E-state index < -0.39 is 18.7 Å². The average molecular weight is 278 g/mol. The summed E-state index contributed by atoms with van der Waals surface area (Å²) in [4.78, 5) is 0. The normalized spacial score (nSPS) is 14.7. The van der Waals surface area contributed by atoms with E-state index in [-0.39, 0.29) is 18.3 Å². The molecular weight excluding hydrogens is 257 g/mol. The molecule has 0 aromatic carbocycles. The van der Waals surface area contributed by atoms with Crippen LogP contribution in [0.5, 0.6) is 0 Å². The Morgan fingerprint density at radius 2 is 1.89 bits per heavy atom. The number of alkyl halides is 3. The average Bonchev–Trinajstić information content (AvgIpc) is 2.57. The van der Waals surface area contributed by atoms with E-state index in [0.29, 0.717) is 5.56 Å². The molecule has 0 aliphatic carbocycles. The largest absolute Gasteiger partial charge is 0.389 e. The summed E-state index contributed by atoms with van der Waals surface area (Å²) in [6.07, 6.45) is -4.24. The topological polar surface area (TPSA) is 38.0 Å². The van der Waals surface area contributed by atoms with Crippen LogP contribution in [0.1, 0.15) is 57.4 Å². The van der Waals surface area contributed by atoms with Gasteiger partial charge in [0.1, 0.15) is 0 Å². The highest BCUT2D eigenvalue weighted by atomic mass is 19.4. The van der Waals surface area contributed by atoms with Crippen LogP contribution in [0, 0.1) is 0 Å². The quantitative estimate of drug-likeness (QED) is 0.915. The Hall–Kier alpha value is -1.04. The Morgan fingerprint density at radius 1 is 1.32 bits per heavy atom. The number of halogens is 3. The van der Waals surface area contributed by atoms with Crippen LogP contribution < -0.4 is 0 Å². The number of aliphatic hydroxyl groups excluding tert-OH is 1. The Balaban J connectivity index is 2.75. The van der Waals surface area contributed by atoms with Crippen LogP contribution in [0.2, 0.25) is 0 Å². The number of hydrogen-bond donors (Lipinski definition) is 1. The Labute approximate surface area is 111 Å². The van der Waals surface area contributed by atoms with E-state index in [4.69, 9.17) is 0 Å². The maximum Gasteiger partial charge on any atom is 0.389 e. The summed E-state index contributed by atoms with van der Waals surface area (Å²) in [7, 11) is 1.74. The summed E-state index contributed by atoms with van der Waals surface area (Å²) in [5.41, 5.74) is 1.10. The molecule has 1 aromatic rings. The Kier molecular flexibility index (Phi) is 4.66. The zero-order valence-corrected chi connectivity index (χ0v) is 11.8. The molecule has 1 rings (SSSR count). The summed E-state index contributed by atoms with van der Waals surface area (Å²) in [6.45, 7) is 5.88. The first-order chi connectivity index (χ1) is 8.50. The molecule has 1 atom stereocenters. The molecule has 0 amide bonds. The molecule has 6 heteroatoms. The van der Waals surface area contributed by atoms with Crippen LogP contribution in [-0.4, -0.2) is 21.1 Å². The molecule has 0 radical (unpaired) electrons. The molecule has 0 aliphatic rings. The molecule has 0 bridgehead atoms. The minimum Gasteiger partial charge on any atom is -0.388 e. The fourth-order valence-corrected chi connectivity index (χ4v) is 1.98. The number of aliphatic hydroxyl groups is 1. The highest BCUT2D eigenvalue weighted by molar-refractivity contribution is 5.26. The highest BCUT2D eigenvalue weighted by Crippen LogP contribution is 2.32. The van der Waals surface area contributed by atoms with E-state index in [2.05, 4.69) is 5.10 Å². The van der Waals surface area contributed by atoms with Crippen molar-refractivity contribution in [2.45, 2.75) is 57.7 Å². The van der Waals surface area contributed by atoms with Crippen molar-refractivity contribution in [1.82, 2.24) is 9.78 Å². The van der Waals surface area contributed by atoms with Crippen molar-refractivity contribution in [2.24, 2.45) is 7.05 Å². The van der Waals surface area contributed by atoms with Gasteiger partial charge in [0.15, 0.2) is 0 Å². The van der Waals surface area contributed by atoms with Crippen molar-refractivity contribution in [3.8, 4) is 0 Å². The van der Waals surface area contributed by atoms with Crippen LogP contribution in [0.4, 0.5) is 13.2 Å². The molecule has 0 spiro atoms. The Bertz CT molecular complexity index is 419. The van der Waals surface area contributed by atoms with Crippen molar-refractivity contribution in [2.75, 3.05) is 0 Å². The van der Waals surface area contributed by atoms with Crippen molar-refractivity contribution >= 4 is 0 Å². The van der Waals surface area contributed by atoms with E-state index in [0.717, 1.165) is 5.69 Å². The van der Waals surface area contributed by atoms with Gasteiger partial charge in [-0.05, 0) is 12.8 Å². The van der Waals surface area contributed by atoms with Gasteiger partial charge in [-0.1, -0.05) is 20.8 Å². The third-order valence-corrected chi connectivity index (χ3v) is 2.86. The predicted octanol–water partition coefficient (Wildman–Crippen LogP) is 3.48. The van der Waals surface area contributed by atoms with E-state index in [9.17, 15) is 18.3 Å². The summed E-state index contributed by atoms with van der Waals surface area (Å²) >= 11 is 0. The van der Waals surface area contributed by atoms with Crippen LogP contribution in [0.15, 0.2) is 6.20 Å². The third-order valence-electron chi connectivity index (χ3n) is 2.86. The second kappa shape index (κ2) is 5.53. The highest BCUT2D eigenvalue weighted by Gasteiger charge is 2.29. The second-order valence-electron chi connectivity index (χ2n) is 5.88. The fraction of sp³-hybridized carbons (Fsp3) is 0.769. The lowest BCUT2D eigenvalue weighted by molar-refractivity contribution is -0.136. The van der Waals surface area contributed by atoms with Gasteiger partial charge < -0.3 is 5.11 Å². The first-order valence-corrected chi connectivity index (χ1v) is 6.29. The molecule has 1 heterocycles. The monoisotopic (exact) mass is 278 g/mol. The van der Waals surface area contributed by atoms with E-state index >= 15 is 0 Å². The van der Waals surface area contributed by atoms with E-state index in [1.165, 1.54) is 0 Å². The molecule has 0 fully saturated rings. The van der Waals surface area contributed by atoms with Crippen molar-refractivity contribution in [3.05, 3.63) is 17.5 Å². The van der Waals surface area contributed by atoms with Crippen molar-refractivity contribution in [3.63, 3.8) is 0 Å². The van der Waals surface area contributed by atoms with Crippen molar-refractivity contribution in [1.29, 1.82) is 0 Å². The molecule has 1 aromatic heterocycles. The minimum absolute atomic E-state index is 0.0802. The maximum atomic E-state index is 12.1. The standard InChI is InChI=1S/C13H21F3N2O/c1-12(2,3)11-9(8-18(4)17-11)10(19)6-5-7-13(14,15)16/h8,10,19H,5-7H2,1-4H3. The zero-order chi connectivity index (χ0) is 14.8. The lowest BCUT2D eigenvalue weighted by Gasteiger charge is -2.20. The van der Waals surface area contributed by atoms with Gasteiger partial charge in [0.2, 0.25) is 0 Å². The molecule has 19 heavy (non-hydrogen) atoms. The molecule has 1 N–H and O–H groups in total. The molecule has 110 valence electrons. The zero-order valence-electron chi connectivity index (χ0n) is 11.8. The predicted molar refractivity (Wildman–Crippen MR) is 66.8 cm³/mol. The van der Waals surface area contributed by atoms with Gasteiger partial charge in [-0.25, -0.2) is 0 Å². The number of nitrogens with zero attached hydrogens (tertiary/aromatic N) is 2. The smallest absolute Gasteiger partial charge is 0.388 e. The van der Waals surface area contributed by atoms with Gasteiger partial charge in [0, 0.05) is 30.6 Å². The number of hydrogen-bond acceptors (Lipinski definition) is 2. The maximum absolute atomic E-state index is 12.1. The number of aryl methyl sites for hydroxylation is 1. The SMILES string of the molecule is Cn1cc(C(O)CCCC(F)(F)F)c(C(C)(C)C)n1. The van der Waals surface area contributed by atoms with Gasteiger partial charge in [-0.2, -0.15) is 18.3 Å². The van der Waals surface area contributed by atoms with Gasteiger partial charge >= 0.3 is 6.18 Å². The van der Waals surface area contributed by atoms with Crippen LogP contribution in [-0.2, 0) is 12.5 Å². The second-order valence-corrected chi connectivity index (χ2v) is 5.88. The minimum atomic E-state index is -4.17. The summed E-state index contributed by atoms with van der Waals surface area (Å²) in [5, 5.41) is 14.3. The summed E-state index contributed by atoms with van der Waals surface area (Å²) in [5.74, 6) is 0. The van der Waals surface area contributed by atoms with E-state index in [1.54, 1.807) is 17.9 Å². The fourth-order valence-electron chi connectivity index (χ4n) is 1.98. The molecule has 3 nitrogen and oxygen atoms in total. The first-order valence-electron chi connectivity index (χ1n) is 6.29. The lowest BCUT2D eigenvalue weighted by Crippen LogP contribution is -2.16. The molecule has 0 aliphatic heterocycles. The van der Waals surface area contributed by atoms with Crippen LogP contribution in [0.3, 0.4) is 0 Å². The Morgan fingerprint density at radius 3 is 2.37 bits per heavy atom. The van der Waals surface area contributed by atoms with Gasteiger partial charge in [0.25, 0.3) is 0 Å². The van der Waals surface area contributed by atoms with Crippen molar-refractivity contribution < 1.29 is 18.3 Å². The van der Waals surface area contributed by atoms with Gasteiger partial charge in [0.05, 0.1) is 11.8 Å². The lowest BCUT2D eigenvalue weighted by atomic mass is 9.87. The molecular formula is C13H21F3N2O. The van der Waals surface area contributed by atoms with E-state index in [1.807, 2.05) is 20.8 Å². The third kappa shape index (κ3) is 4.86. The number of aromatic nitrogens is 2. The first kappa shape index (κ1) is 16.0. The van der Waals surface area contributed by atoms with Crippen LogP contribution >= 0.6 is 0 Å².